The van der Waals surface area contributed by atoms with Crippen LogP contribution in [0.4, 0.5) is 5.82 Å². The van der Waals surface area contributed by atoms with Gasteiger partial charge in [0.1, 0.15) is 5.75 Å². The quantitative estimate of drug-likeness (QED) is 0.779. The maximum Gasteiger partial charge on any atom is 0.360 e. The first-order valence-electron chi connectivity index (χ1n) is 8.32. The Morgan fingerprint density at radius 1 is 1.12 bits per heavy atom. The number of ether oxygens (including phenoxy) is 1. The van der Waals surface area contributed by atoms with E-state index < -0.39 is 5.97 Å². The first kappa shape index (κ1) is 16.1. The maximum atomic E-state index is 11.7. The van der Waals surface area contributed by atoms with Crippen molar-refractivity contribution in [3.05, 3.63) is 65.4 Å². The van der Waals surface area contributed by atoms with Gasteiger partial charge in [-0.3, -0.25) is 0 Å². The molecule has 0 unspecified atom stereocenters. The second-order valence-electron chi connectivity index (χ2n) is 6.11. The van der Waals surface area contributed by atoms with Crippen LogP contribution in [0.2, 0.25) is 0 Å². The molecule has 0 aliphatic carbocycles. The predicted molar refractivity (Wildman–Crippen MR) is 96.1 cm³/mol. The van der Waals surface area contributed by atoms with Crippen LogP contribution in [0.1, 0.15) is 21.6 Å². The summed E-state index contributed by atoms with van der Waals surface area (Å²) in [5.74, 6) is -0.0482. The SMILES string of the molecule is COc1cccc(-n2nc(C(=O)O)c(N3CCc4ccccc4C3)n2)c1. The van der Waals surface area contributed by atoms with E-state index in [1.807, 2.05) is 35.2 Å². The predicted octanol–water partition coefficient (Wildman–Crippen LogP) is 2.54. The molecule has 0 spiro atoms. The summed E-state index contributed by atoms with van der Waals surface area (Å²) in [5, 5.41) is 18.2. The second-order valence-corrected chi connectivity index (χ2v) is 6.11. The van der Waals surface area contributed by atoms with Gasteiger partial charge < -0.3 is 14.7 Å². The lowest BCUT2D eigenvalue weighted by molar-refractivity contribution is 0.0690. The van der Waals surface area contributed by atoms with Crippen LogP contribution in [0.25, 0.3) is 5.69 Å². The van der Waals surface area contributed by atoms with Gasteiger partial charge in [-0.1, -0.05) is 30.3 Å². The van der Waals surface area contributed by atoms with Gasteiger partial charge in [-0.05, 0) is 29.7 Å². The fraction of sp³-hybridized carbons (Fsp3) is 0.211. The molecule has 0 amide bonds. The molecular weight excluding hydrogens is 332 g/mol. The van der Waals surface area contributed by atoms with Gasteiger partial charge in [0, 0.05) is 19.2 Å². The van der Waals surface area contributed by atoms with Crippen LogP contribution in [0.15, 0.2) is 48.5 Å². The fourth-order valence-electron chi connectivity index (χ4n) is 3.18. The number of nitrogens with zero attached hydrogens (tertiary/aromatic N) is 4. The average Bonchev–Trinajstić information content (AvgIpc) is 3.13. The molecule has 1 aromatic heterocycles. The van der Waals surface area contributed by atoms with Gasteiger partial charge in [-0.15, -0.1) is 15.0 Å². The van der Waals surface area contributed by atoms with Crippen LogP contribution in [0.5, 0.6) is 5.75 Å². The molecule has 2 aromatic carbocycles. The van der Waals surface area contributed by atoms with Crippen molar-refractivity contribution in [2.75, 3.05) is 18.6 Å². The molecule has 1 aliphatic heterocycles. The Balaban J connectivity index is 1.72. The number of aromatic carboxylic acids is 1. The molecule has 26 heavy (non-hydrogen) atoms. The molecule has 132 valence electrons. The third kappa shape index (κ3) is 2.88. The first-order chi connectivity index (χ1) is 12.7. The zero-order chi connectivity index (χ0) is 18.1. The van der Waals surface area contributed by atoms with E-state index in [9.17, 15) is 9.90 Å². The van der Waals surface area contributed by atoms with Gasteiger partial charge >= 0.3 is 5.97 Å². The van der Waals surface area contributed by atoms with Crippen LogP contribution in [-0.4, -0.2) is 39.7 Å². The van der Waals surface area contributed by atoms with E-state index in [4.69, 9.17) is 4.74 Å². The van der Waals surface area contributed by atoms with Gasteiger partial charge in [0.15, 0.2) is 5.82 Å². The number of hydrogen-bond acceptors (Lipinski definition) is 5. The molecule has 0 saturated carbocycles. The second kappa shape index (κ2) is 6.51. The highest BCUT2D eigenvalue weighted by molar-refractivity contribution is 5.91. The Morgan fingerprint density at radius 3 is 2.69 bits per heavy atom. The maximum absolute atomic E-state index is 11.7. The van der Waals surface area contributed by atoms with Crippen molar-refractivity contribution in [3.8, 4) is 11.4 Å². The summed E-state index contributed by atoms with van der Waals surface area (Å²) in [6.07, 6.45) is 0.848. The number of methoxy groups -OCH3 is 1. The molecule has 1 N–H and O–H groups in total. The van der Waals surface area contributed by atoms with E-state index in [0.717, 1.165) is 6.42 Å². The van der Waals surface area contributed by atoms with Crippen molar-refractivity contribution >= 4 is 11.8 Å². The third-order valence-corrected chi connectivity index (χ3v) is 4.51. The number of benzene rings is 2. The van der Waals surface area contributed by atoms with Crippen molar-refractivity contribution in [2.24, 2.45) is 0 Å². The first-order valence-corrected chi connectivity index (χ1v) is 8.32. The average molecular weight is 350 g/mol. The zero-order valence-corrected chi connectivity index (χ0v) is 14.3. The van der Waals surface area contributed by atoms with Gasteiger partial charge in [0.05, 0.1) is 12.8 Å². The molecule has 0 fully saturated rings. The van der Waals surface area contributed by atoms with E-state index >= 15 is 0 Å². The molecule has 7 nitrogen and oxygen atoms in total. The summed E-state index contributed by atoms with van der Waals surface area (Å²) in [4.78, 5) is 15.0. The molecule has 4 rings (SSSR count). The largest absolute Gasteiger partial charge is 0.497 e. The molecule has 2 heterocycles. The third-order valence-electron chi connectivity index (χ3n) is 4.51. The topological polar surface area (TPSA) is 80.5 Å². The fourth-order valence-corrected chi connectivity index (χ4v) is 3.18. The number of anilines is 1. The molecular formula is C19H18N4O3. The highest BCUT2D eigenvalue weighted by atomic mass is 16.5. The molecule has 0 bridgehead atoms. The molecule has 7 heteroatoms. The Morgan fingerprint density at radius 2 is 1.92 bits per heavy atom. The molecule has 0 atom stereocenters. The minimum Gasteiger partial charge on any atom is -0.497 e. The van der Waals surface area contributed by atoms with E-state index in [-0.39, 0.29) is 5.69 Å². The Bertz CT molecular complexity index is 967. The van der Waals surface area contributed by atoms with Crippen LogP contribution in [0, 0.1) is 0 Å². The summed E-state index contributed by atoms with van der Waals surface area (Å²) >= 11 is 0. The van der Waals surface area contributed by atoms with E-state index in [1.165, 1.54) is 15.9 Å². The smallest absolute Gasteiger partial charge is 0.360 e. The Kier molecular flexibility index (Phi) is 4.04. The number of aromatic nitrogens is 3. The highest BCUT2D eigenvalue weighted by Gasteiger charge is 2.26. The Hall–Kier alpha value is -3.35. The number of hydrogen-bond donors (Lipinski definition) is 1. The van der Waals surface area contributed by atoms with Gasteiger partial charge in [-0.25, -0.2) is 4.79 Å². The minimum absolute atomic E-state index is 0.0489. The van der Waals surface area contributed by atoms with Crippen LogP contribution in [0.3, 0.4) is 0 Å². The number of carbonyl (C=O) groups is 1. The summed E-state index contributed by atoms with van der Waals surface area (Å²) in [6, 6.07) is 15.4. The van der Waals surface area contributed by atoms with E-state index in [0.29, 0.717) is 30.3 Å². The molecule has 0 radical (unpaired) electrons. The highest BCUT2D eigenvalue weighted by Crippen LogP contribution is 2.26. The minimum atomic E-state index is -1.09. The van der Waals surface area contributed by atoms with Gasteiger partial charge in [-0.2, -0.15) is 0 Å². The lowest BCUT2D eigenvalue weighted by Gasteiger charge is -2.28. The van der Waals surface area contributed by atoms with Crippen molar-refractivity contribution in [2.45, 2.75) is 13.0 Å². The number of rotatable bonds is 4. The number of fused-ring (bicyclic) bond motifs is 1. The monoisotopic (exact) mass is 350 g/mol. The lowest BCUT2D eigenvalue weighted by atomic mass is 10.00. The van der Waals surface area contributed by atoms with Crippen LogP contribution >= 0.6 is 0 Å². The van der Waals surface area contributed by atoms with Crippen molar-refractivity contribution in [1.29, 1.82) is 0 Å². The molecule has 1 aliphatic rings. The van der Waals surface area contributed by atoms with E-state index in [1.54, 1.807) is 13.2 Å². The van der Waals surface area contributed by atoms with Crippen molar-refractivity contribution in [3.63, 3.8) is 0 Å². The zero-order valence-electron chi connectivity index (χ0n) is 14.3. The molecule has 3 aromatic rings. The van der Waals surface area contributed by atoms with Crippen molar-refractivity contribution < 1.29 is 14.6 Å². The van der Waals surface area contributed by atoms with Crippen LogP contribution < -0.4 is 9.64 Å². The summed E-state index contributed by atoms with van der Waals surface area (Å²) in [5.41, 5.74) is 3.08. The van der Waals surface area contributed by atoms with Crippen molar-refractivity contribution in [1.82, 2.24) is 15.0 Å². The molecule has 0 saturated heterocycles. The van der Waals surface area contributed by atoms with Gasteiger partial charge in [0.2, 0.25) is 5.69 Å². The summed E-state index contributed by atoms with van der Waals surface area (Å²) < 4.78 is 5.22. The van der Waals surface area contributed by atoms with Crippen LogP contribution in [-0.2, 0) is 13.0 Å². The Labute approximate surface area is 150 Å². The summed E-state index contributed by atoms with van der Waals surface area (Å²) in [7, 11) is 1.58. The lowest BCUT2D eigenvalue weighted by Crippen LogP contribution is -2.31. The number of carboxylic acid groups (broad SMARTS) is 1. The standard InChI is InChI=1S/C19H18N4O3/c1-26-16-8-4-7-15(11-16)23-20-17(19(24)25)18(21-23)22-10-9-13-5-2-3-6-14(13)12-22/h2-8,11H,9-10,12H2,1H3,(H,24,25). The van der Waals surface area contributed by atoms with Gasteiger partial charge in [0.25, 0.3) is 0 Å². The number of carboxylic acids is 1. The van der Waals surface area contributed by atoms with E-state index in [2.05, 4.69) is 22.3 Å². The normalized spacial score (nSPS) is 13.3. The summed E-state index contributed by atoms with van der Waals surface area (Å²) in [6.45, 7) is 1.32.